The largest absolute Gasteiger partial charge is 0.573 e. The molecule has 0 saturated carbocycles. The Kier molecular flexibility index (Phi) is 9.85. The standard InChI is InChI=1S/C28H28F6N4O6/c1-26(2,3)44-25(42)36-24-37(4)8-9-38(24)15-16-10-18(13-20(11-16)43-28(32,33)34)23(41)35-21(14-22(39)40)17-6-5-7-19(12-17)27(29,30)31/h5-13,21H,14-15H2,1-4H3,(H,35,41)(H,39,40)/b36-24+/t21-/m0/s1. The van der Waals surface area contributed by atoms with Crippen molar-refractivity contribution in [3.63, 3.8) is 0 Å². The Morgan fingerprint density at radius 3 is 2.27 bits per heavy atom. The fourth-order valence-electron chi connectivity index (χ4n) is 4.02. The Bertz CT molecular complexity index is 1600. The third-order valence-corrected chi connectivity index (χ3v) is 5.74. The summed E-state index contributed by atoms with van der Waals surface area (Å²) in [4.78, 5) is 40.9. The van der Waals surface area contributed by atoms with Gasteiger partial charge >= 0.3 is 24.6 Å². The highest BCUT2D eigenvalue weighted by Crippen LogP contribution is 2.32. The van der Waals surface area contributed by atoms with Crippen LogP contribution in [-0.4, -0.2) is 44.2 Å². The number of carbonyl (C=O) groups excluding carboxylic acids is 2. The number of halogens is 6. The summed E-state index contributed by atoms with van der Waals surface area (Å²) in [6.45, 7) is 4.68. The van der Waals surface area contributed by atoms with Crippen molar-refractivity contribution in [2.45, 2.75) is 57.9 Å². The van der Waals surface area contributed by atoms with Gasteiger partial charge in [0.25, 0.3) is 5.91 Å². The van der Waals surface area contributed by atoms with E-state index in [-0.39, 0.29) is 23.3 Å². The average molecular weight is 631 g/mol. The maximum absolute atomic E-state index is 13.3. The number of nitrogens with one attached hydrogen (secondary N) is 1. The number of aromatic nitrogens is 2. The molecule has 0 aliphatic carbocycles. The number of hydrogen-bond acceptors (Lipinski definition) is 5. The molecule has 0 aliphatic rings. The molecule has 0 fully saturated rings. The lowest BCUT2D eigenvalue weighted by molar-refractivity contribution is -0.274. The van der Waals surface area contributed by atoms with Crippen LogP contribution < -0.4 is 15.7 Å². The number of aliphatic carboxylic acids is 1. The van der Waals surface area contributed by atoms with Gasteiger partial charge in [0.2, 0.25) is 5.62 Å². The molecule has 0 saturated heterocycles. The van der Waals surface area contributed by atoms with Crippen LogP contribution in [0, 0.1) is 0 Å². The highest BCUT2D eigenvalue weighted by atomic mass is 19.4. The van der Waals surface area contributed by atoms with E-state index in [0.717, 1.165) is 24.3 Å². The molecule has 0 aliphatic heterocycles. The molecule has 0 radical (unpaired) electrons. The number of alkyl halides is 6. The Morgan fingerprint density at radius 2 is 1.68 bits per heavy atom. The molecule has 10 nitrogen and oxygen atoms in total. The lowest BCUT2D eigenvalue weighted by Crippen LogP contribution is -2.31. The number of carboxylic acid groups (broad SMARTS) is 1. The molecule has 1 atom stereocenters. The first-order valence-electron chi connectivity index (χ1n) is 12.8. The van der Waals surface area contributed by atoms with Crippen molar-refractivity contribution in [3.05, 3.63) is 82.7 Å². The van der Waals surface area contributed by atoms with Crippen LogP contribution in [0.25, 0.3) is 0 Å². The van der Waals surface area contributed by atoms with Crippen molar-refractivity contribution in [1.82, 2.24) is 14.5 Å². The van der Waals surface area contributed by atoms with Gasteiger partial charge in [0, 0.05) is 25.0 Å². The first-order valence-corrected chi connectivity index (χ1v) is 12.8. The Labute approximate surface area is 246 Å². The van der Waals surface area contributed by atoms with Gasteiger partial charge in [-0.25, -0.2) is 4.79 Å². The summed E-state index contributed by atoms with van der Waals surface area (Å²) in [5.41, 5.74) is -2.41. The van der Waals surface area contributed by atoms with Gasteiger partial charge in [-0.3, -0.25) is 9.59 Å². The lowest BCUT2D eigenvalue weighted by atomic mass is 10.00. The van der Waals surface area contributed by atoms with Crippen molar-refractivity contribution in [1.29, 1.82) is 0 Å². The van der Waals surface area contributed by atoms with Crippen molar-refractivity contribution >= 4 is 18.0 Å². The predicted octanol–water partition coefficient (Wildman–Crippen LogP) is 5.57. The van der Waals surface area contributed by atoms with Gasteiger partial charge in [-0.15, -0.1) is 18.2 Å². The summed E-state index contributed by atoms with van der Waals surface area (Å²) in [6, 6.07) is 5.09. The van der Waals surface area contributed by atoms with E-state index < -0.39 is 65.4 Å². The third-order valence-electron chi connectivity index (χ3n) is 5.74. The molecular formula is C28H28F6N4O6. The second-order valence-corrected chi connectivity index (χ2v) is 10.6. The maximum Gasteiger partial charge on any atom is 0.573 e. The van der Waals surface area contributed by atoms with E-state index in [0.29, 0.717) is 6.07 Å². The highest BCUT2D eigenvalue weighted by Gasteiger charge is 2.33. The van der Waals surface area contributed by atoms with E-state index in [4.69, 9.17) is 4.74 Å². The molecule has 1 heterocycles. The van der Waals surface area contributed by atoms with Gasteiger partial charge < -0.3 is 29.0 Å². The third kappa shape index (κ3) is 9.91. The van der Waals surface area contributed by atoms with Gasteiger partial charge in [0.15, 0.2) is 0 Å². The predicted molar refractivity (Wildman–Crippen MR) is 141 cm³/mol. The van der Waals surface area contributed by atoms with Crippen LogP contribution in [0.15, 0.2) is 59.9 Å². The second-order valence-electron chi connectivity index (χ2n) is 10.6. The fraction of sp³-hybridized carbons (Fsp3) is 0.357. The van der Waals surface area contributed by atoms with E-state index in [2.05, 4.69) is 15.0 Å². The quantitative estimate of drug-likeness (QED) is 0.314. The van der Waals surface area contributed by atoms with Crippen molar-refractivity contribution in [2.75, 3.05) is 0 Å². The molecule has 0 bridgehead atoms. The minimum atomic E-state index is -5.15. The molecule has 3 aromatic rings. The van der Waals surface area contributed by atoms with Crippen LogP contribution in [0.1, 0.15) is 60.3 Å². The molecule has 44 heavy (non-hydrogen) atoms. The normalized spacial score (nSPS) is 13.4. The number of nitrogens with zero attached hydrogens (tertiary/aromatic N) is 3. The van der Waals surface area contributed by atoms with E-state index >= 15 is 0 Å². The maximum atomic E-state index is 13.3. The van der Waals surface area contributed by atoms with Crippen LogP contribution >= 0.6 is 0 Å². The first-order chi connectivity index (χ1) is 20.2. The number of amides is 2. The Balaban J connectivity index is 2.01. The zero-order valence-corrected chi connectivity index (χ0v) is 23.8. The fourth-order valence-corrected chi connectivity index (χ4v) is 4.02. The molecule has 2 N–H and O–H groups in total. The summed E-state index contributed by atoms with van der Waals surface area (Å²) in [7, 11) is 1.55. The van der Waals surface area contributed by atoms with Gasteiger partial charge in [-0.2, -0.15) is 13.2 Å². The number of benzene rings is 2. The highest BCUT2D eigenvalue weighted by molar-refractivity contribution is 5.95. The monoisotopic (exact) mass is 630 g/mol. The minimum absolute atomic E-state index is 0.0541. The zero-order chi connectivity index (χ0) is 33.0. The lowest BCUT2D eigenvalue weighted by Gasteiger charge is -2.20. The topological polar surface area (TPSA) is 124 Å². The molecule has 2 aromatic carbocycles. The van der Waals surface area contributed by atoms with E-state index in [1.165, 1.54) is 33.7 Å². The summed E-state index contributed by atoms with van der Waals surface area (Å²) >= 11 is 0. The molecule has 2 amide bonds. The zero-order valence-electron chi connectivity index (χ0n) is 23.8. The number of carboxylic acids is 1. The van der Waals surface area contributed by atoms with Gasteiger partial charge in [-0.1, -0.05) is 12.1 Å². The molecule has 0 unspecified atom stereocenters. The number of hydrogen-bond donors (Lipinski definition) is 2. The van der Waals surface area contributed by atoms with Crippen LogP contribution in [0.2, 0.25) is 0 Å². The smallest absolute Gasteiger partial charge is 0.481 e. The summed E-state index contributed by atoms with van der Waals surface area (Å²) in [5, 5.41) is 11.6. The molecule has 1 aromatic heterocycles. The van der Waals surface area contributed by atoms with Gasteiger partial charge in [-0.05, 0) is 62.2 Å². The molecule has 16 heteroatoms. The molecule has 0 spiro atoms. The molecular weight excluding hydrogens is 602 g/mol. The van der Waals surface area contributed by atoms with E-state index in [1.54, 1.807) is 27.8 Å². The van der Waals surface area contributed by atoms with Gasteiger partial charge in [0.05, 0.1) is 24.6 Å². The first kappa shape index (κ1) is 33.7. The number of imidazole rings is 1. The average Bonchev–Trinajstić information content (AvgIpc) is 3.19. The van der Waals surface area contributed by atoms with E-state index in [9.17, 15) is 45.8 Å². The van der Waals surface area contributed by atoms with Crippen LogP contribution in [0.5, 0.6) is 5.75 Å². The number of rotatable bonds is 8. The summed E-state index contributed by atoms with van der Waals surface area (Å²) in [5.74, 6) is -3.33. The van der Waals surface area contributed by atoms with Crippen molar-refractivity contribution in [2.24, 2.45) is 12.0 Å². The summed E-state index contributed by atoms with van der Waals surface area (Å²) in [6.07, 6.45) is -8.67. The van der Waals surface area contributed by atoms with Crippen LogP contribution in [0.4, 0.5) is 31.1 Å². The van der Waals surface area contributed by atoms with Gasteiger partial charge in [0.1, 0.15) is 11.4 Å². The number of ether oxygens (including phenoxy) is 2. The Morgan fingerprint density at radius 1 is 1.00 bits per heavy atom. The number of aryl methyl sites for hydroxylation is 1. The van der Waals surface area contributed by atoms with Crippen molar-refractivity contribution < 1.29 is 55.3 Å². The Hall–Kier alpha value is -4.76. The number of carbonyl (C=O) groups is 3. The summed E-state index contributed by atoms with van der Waals surface area (Å²) < 4.78 is 91.2. The second kappa shape index (κ2) is 12.9. The minimum Gasteiger partial charge on any atom is -0.481 e. The molecule has 3 rings (SSSR count). The van der Waals surface area contributed by atoms with E-state index in [1.807, 2.05) is 0 Å². The van der Waals surface area contributed by atoms with Crippen LogP contribution in [-0.2, 0) is 29.3 Å². The molecule has 238 valence electrons. The van der Waals surface area contributed by atoms with Crippen LogP contribution in [0.3, 0.4) is 0 Å². The van der Waals surface area contributed by atoms with Crippen molar-refractivity contribution in [3.8, 4) is 5.75 Å². The SMILES string of the molecule is Cn1ccn(Cc2cc(OC(F)(F)F)cc(C(=O)N[C@@H](CC(=O)O)c3cccc(C(F)(F)F)c3)c2)/c1=N/C(=O)OC(C)(C)C.